The van der Waals surface area contributed by atoms with E-state index in [0.717, 1.165) is 10.8 Å². The van der Waals surface area contributed by atoms with Crippen molar-refractivity contribution in [2.75, 3.05) is 0 Å². The van der Waals surface area contributed by atoms with Crippen molar-refractivity contribution < 1.29 is 8.42 Å². The molecule has 1 aromatic carbocycles. The Labute approximate surface area is 112 Å². The number of nitrogens with one attached hydrogen (secondary N) is 1. The Hall–Kier alpha value is -1.99. The van der Waals surface area contributed by atoms with Gasteiger partial charge in [0.15, 0.2) is 0 Å². The van der Waals surface area contributed by atoms with Gasteiger partial charge in [0, 0.05) is 22.3 Å². The van der Waals surface area contributed by atoms with Crippen LogP contribution in [0.5, 0.6) is 0 Å². The van der Waals surface area contributed by atoms with Crippen molar-refractivity contribution in [3.63, 3.8) is 0 Å². The van der Waals surface area contributed by atoms with Gasteiger partial charge in [0.05, 0.1) is 0 Å². The molecule has 3 rings (SSSR count). The lowest BCUT2D eigenvalue weighted by molar-refractivity contribution is 0.602. The molecule has 0 atom stereocenters. The van der Waals surface area contributed by atoms with Crippen LogP contribution in [-0.4, -0.2) is 28.6 Å². The van der Waals surface area contributed by atoms with Gasteiger partial charge in [-0.2, -0.15) is 10.1 Å². The average Bonchev–Trinajstić information content (AvgIpc) is 2.87. The van der Waals surface area contributed by atoms with Gasteiger partial charge in [-0.25, -0.2) is 13.5 Å². The minimum absolute atomic E-state index is 0.191. The molecule has 0 saturated heterocycles. The molecule has 0 fully saturated rings. The summed E-state index contributed by atoms with van der Waals surface area (Å²) in [4.78, 5) is 8.04. The lowest BCUT2D eigenvalue weighted by Crippen LogP contribution is -1.93. The fourth-order valence-corrected chi connectivity index (χ4v) is 2.32. The molecule has 1 N–H and O–H groups in total. The van der Waals surface area contributed by atoms with Gasteiger partial charge >= 0.3 is 0 Å². The van der Waals surface area contributed by atoms with Gasteiger partial charge in [0.1, 0.15) is 5.69 Å². The fourth-order valence-electron chi connectivity index (χ4n) is 1.76. The van der Waals surface area contributed by atoms with E-state index in [9.17, 15) is 8.42 Å². The van der Waals surface area contributed by atoms with Crippen LogP contribution >= 0.6 is 10.7 Å². The molecule has 0 amide bonds. The number of aromatic nitrogens is 4. The topological polar surface area (TPSA) is 88.6 Å². The molecule has 2 aromatic heterocycles. The molecule has 0 unspecified atom stereocenters. The fraction of sp³-hybridized carbons (Fsp3) is 0. The monoisotopic (exact) mass is 294 g/mol. The van der Waals surface area contributed by atoms with Crippen LogP contribution in [0, 0.1) is 0 Å². The summed E-state index contributed by atoms with van der Waals surface area (Å²) in [5.41, 5.74) is 0.501. The second kappa shape index (κ2) is 4.29. The smallest absolute Gasteiger partial charge is 0.252 e. The quantitative estimate of drug-likeness (QED) is 0.730. The van der Waals surface area contributed by atoms with Gasteiger partial charge in [-0.15, -0.1) is 0 Å². The predicted octanol–water partition coefficient (Wildman–Crippen LogP) is 1.95. The first-order valence-corrected chi connectivity index (χ1v) is 7.58. The van der Waals surface area contributed by atoms with Crippen molar-refractivity contribution in [3.8, 4) is 11.5 Å². The third kappa shape index (κ3) is 2.18. The molecule has 19 heavy (non-hydrogen) atoms. The molecule has 0 radical (unpaired) electrons. The second-order valence-electron chi connectivity index (χ2n) is 3.78. The second-order valence-corrected chi connectivity index (χ2v) is 6.26. The first-order chi connectivity index (χ1) is 9.05. The number of aromatic amines is 1. The molecular weight excluding hydrogens is 288 g/mol. The van der Waals surface area contributed by atoms with E-state index in [-0.39, 0.29) is 11.0 Å². The Bertz CT molecular complexity index is 855. The maximum Gasteiger partial charge on any atom is 0.296 e. The minimum Gasteiger partial charge on any atom is -0.252 e. The number of fused-ring (bicyclic) bond motifs is 1. The van der Waals surface area contributed by atoms with Crippen molar-refractivity contribution in [2.45, 2.75) is 5.16 Å². The van der Waals surface area contributed by atoms with Crippen LogP contribution in [0.1, 0.15) is 0 Å². The van der Waals surface area contributed by atoms with Gasteiger partial charge in [0.25, 0.3) is 14.2 Å². The Morgan fingerprint density at radius 3 is 2.68 bits per heavy atom. The molecule has 0 aliphatic carbocycles. The summed E-state index contributed by atoms with van der Waals surface area (Å²) in [6, 6.07) is 9.40. The molecule has 0 aliphatic rings. The zero-order valence-electron chi connectivity index (χ0n) is 9.41. The summed E-state index contributed by atoms with van der Waals surface area (Å²) in [6.45, 7) is 0. The van der Waals surface area contributed by atoms with Gasteiger partial charge in [-0.05, 0) is 11.5 Å². The number of hydrogen-bond acceptors (Lipinski definition) is 5. The number of rotatable bonds is 2. The first kappa shape index (κ1) is 12.1. The van der Waals surface area contributed by atoms with E-state index in [4.69, 9.17) is 10.7 Å². The maximum absolute atomic E-state index is 11.2. The lowest BCUT2D eigenvalue weighted by Gasteiger charge is -2.00. The average molecular weight is 295 g/mol. The lowest BCUT2D eigenvalue weighted by atomic mass is 10.1. The normalized spacial score (nSPS) is 11.8. The summed E-state index contributed by atoms with van der Waals surface area (Å²) in [5.74, 6) is 0.191. The van der Waals surface area contributed by atoms with Crippen LogP contribution in [-0.2, 0) is 9.05 Å². The van der Waals surface area contributed by atoms with E-state index in [0.29, 0.717) is 5.69 Å². The molecule has 2 heterocycles. The van der Waals surface area contributed by atoms with Gasteiger partial charge in [0.2, 0.25) is 5.82 Å². The standard InChI is InChI=1S/C11H7ClN4O2S/c12-19(17,18)11-14-10(15-16-11)9-8-4-2-1-3-7(8)5-6-13-9/h1-6H,(H,14,15,16). The maximum atomic E-state index is 11.2. The number of halogens is 1. The predicted molar refractivity (Wildman–Crippen MR) is 70.2 cm³/mol. The summed E-state index contributed by atoms with van der Waals surface area (Å²) in [6.07, 6.45) is 1.61. The van der Waals surface area contributed by atoms with Crippen LogP contribution in [0.2, 0.25) is 0 Å². The van der Waals surface area contributed by atoms with Crippen LogP contribution < -0.4 is 0 Å². The third-order valence-electron chi connectivity index (χ3n) is 2.58. The number of H-pyrrole nitrogens is 1. The Balaban J connectivity index is 2.23. The number of benzene rings is 1. The highest BCUT2D eigenvalue weighted by molar-refractivity contribution is 8.13. The summed E-state index contributed by atoms with van der Waals surface area (Å²) in [5, 5.41) is 7.54. The molecule has 0 aliphatic heterocycles. The van der Waals surface area contributed by atoms with Crippen LogP contribution in [0.4, 0.5) is 0 Å². The van der Waals surface area contributed by atoms with E-state index in [1.165, 1.54) is 0 Å². The molecule has 0 saturated carbocycles. The Kier molecular flexibility index (Phi) is 2.72. The molecule has 96 valence electrons. The van der Waals surface area contributed by atoms with E-state index in [1.54, 1.807) is 6.20 Å². The highest BCUT2D eigenvalue weighted by Crippen LogP contribution is 2.24. The summed E-state index contributed by atoms with van der Waals surface area (Å²) < 4.78 is 22.3. The molecular formula is C11H7ClN4O2S. The number of hydrogen-bond donors (Lipinski definition) is 1. The zero-order chi connectivity index (χ0) is 13.5. The zero-order valence-corrected chi connectivity index (χ0v) is 11.0. The minimum atomic E-state index is -3.93. The van der Waals surface area contributed by atoms with Gasteiger partial charge in [-0.1, -0.05) is 24.3 Å². The SMILES string of the molecule is O=S(=O)(Cl)c1nc(-c2nccc3ccccc23)n[nH]1. The van der Waals surface area contributed by atoms with E-state index in [1.807, 2.05) is 30.3 Å². The van der Waals surface area contributed by atoms with Crippen molar-refractivity contribution in [2.24, 2.45) is 0 Å². The molecule has 8 heteroatoms. The summed E-state index contributed by atoms with van der Waals surface area (Å²) in [7, 11) is 1.27. The van der Waals surface area contributed by atoms with E-state index in [2.05, 4.69) is 20.2 Å². The summed E-state index contributed by atoms with van der Waals surface area (Å²) >= 11 is 0. The molecule has 0 spiro atoms. The van der Waals surface area contributed by atoms with Crippen LogP contribution in [0.25, 0.3) is 22.3 Å². The molecule has 6 nitrogen and oxygen atoms in total. The van der Waals surface area contributed by atoms with Crippen molar-refractivity contribution in [1.29, 1.82) is 0 Å². The third-order valence-corrected chi connectivity index (χ3v) is 3.66. The van der Waals surface area contributed by atoms with E-state index >= 15 is 0 Å². The highest BCUT2D eigenvalue weighted by atomic mass is 35.7. The Morgan fingerprint density at radius 2 is 1.95 bits per heavy atom. The molecule has 0 bridgehead atoms. The first-order valence-electron chi connectivity index (χ1n) is 5.27. The van der Waals surface area contributed by atoms with Crippen molar-refractivity contribution in [1.82, 2.24) is 20.2 Å². The van der Waals surface area contributed by atoms with Crippen molar-refractivity contribution >= 4 is 30.5 Å². The van der Waals surface area contributed by atoms with Gasteiger partial charge in [-0.3, -0.25) is 4.98 Å². The number of nitrogens with zero attached hydrogens (tertiary/aromatic N) is 3. The Morgan fingerprint density at radius 1 is 1.16 bits per heavy atom. The van der Waals surface area contributed by atoms with Crippen molar-refractivity contribution in [3.05, 3.63) is 36.5 Å². The highest BCUT2D eigenvalue weighted by Gasteiger charge is 2.18. The van der Waals surface area contributed by atoms with Crippen LogP contribution in [0.3, 0.4) is 0 Å². The van der Waals surface area contributed by atoms with E-state index < -0.39 is 9.05 Å². The number of pyridine rings is 1. The largest absolute Gasteiger partial charge is 0.296 e. The van der Waals surface area contributed by atoms with Crippen LogP contribution in [0.15, 0.2) is 41.7 Å². The molecule has 3 aromatic rings. The van der Waals surface area contributed by atoms with Gasteiger partial charge < -0.3 is 0 Å².